The molecule has 3 heteroatoms. The molecule has 0 saturated heterocycles. The van der Waals surface area contributed by atoms with Gasteiger partial charge < -0.3 is 0 Å². The molecule has 1 N–H and O–H groups in total. The number of carbonyl (C=O) groups is 1. The van der Waals surface area contributed by atoms with Crippen molar-refractivity contribution in [1.29, 1.82) is 0 Å². The van der Waals surface area contributed by atoms with Gasteiger partial charge in [-0.15, -0.1) is 0 Å². The Morgan fingerprint density at radius 2 is 1.87 bits per heavy atom. The van der Waals surface area contributed by atoms with Gasteiger partial charge in [-0.25, -0.2) is 0 Å². The topological polar surface area (TPSA) is 32.3 Å². The molecule has 0 aliphatic carbocycles. The molecule has 0 aromatic heterocycles. The molecule has 2 rings (SSSR count). The Labute approximate surface area is 89.4 Å². The second-order valence-electron chi connectivity index (χ2n) is 3.90. The maximum atomic E-state index is 11.8. The van der Waals surface area contributed by atoms with Gasteiger partial charge in [0.1, 0.15) is 0 Å². The van der Waals surface area contributed by atoms with Crippen LogP contribution in [0, 0.1) is 0 Å². The van der Waals surface area contributed by atoms with Crippen molar-refractivity contribution in [1.82, 2.24) is 10.4 Å². The van der Waals surface area contributed by atoms with Gasteiger partial charge in [-0.3, -0.25) is 15.2 Å². The van der Waals surface area contributed by atoms with E-state index in [0.29, 0.717) is 5.56 Å². The van der Waals surface area contributed by atoms with Crippen LogP contribution in [0.5, 0.6) is 0 Å². The van der Waals surface area contributed by atoms with Crippen LogP contribution in [-0.4, -0.2) is 17.0 Å². The highest BCUT2D eigenvalue weighted by Crippen LogP contribution is 2.25. The van der Waals surface area contributed by atoms with Gasteiger partial charge in [-0.2, -0.15) is 0 Å². The summed E-state index contributed by atoms with van der Waals surface area (Å²) in [5, 5.41) is 1.80. The third kappa shape index (κ3) is 1.50. The summed E-state index contributed by atoms with van der Waals surface area (Å²) in [5.41, 5.74) is 5.27. The molecule has 0 saturated carbocycles. The van der Waals surface area contributed by atoms with Crippen LogP contribution in [-0.2, 0) is 0 Å². The van der Waals surface area contributed by atoms with Crippen LogP contribution in [0.2, 0.25) is 0 Å². The molecule has 1 aliphatic heterocycles. The first-order valence-electron chi connectivity index (χ1n) is 5.00. The molecule has 0 unspecified atom stereocenters. The van der Waals surface area contributed by atoms with E-state index in [-0.39, 0.29) is 11.9 Å². The largest absolute Gasteiger partial charge is 0.283 e. The molecule has 1 aliphatic rings. The molecule has 1 aromatic carbocycles. The minimum Gasteiger partial charge on any atom is -0.283 e. The molecule has 0 fully saturated rings. The average molecular weight is 202 g/mol. The Morgan fingerprint density at radius 1 is 1.27 bits per heavy atom. The molecule has 1 aromatic rings. The molecule has 0 radical (unpaired) electrons. The van der Waals surface area contributed by atoms with Gasteiger partial charge in [0, 0.05) is 11.6 Å². The predicted molar refractivity (Wildman–Crippen MR) is 59.9 cm³/mol. The maximum Gasteiger partial charge on any atom is 0.270 e. The van der Waals surface area contributed by atoms with Crippen molar-refractivity contribution < 1.29 is 4.79 Å². The van der Waals surface area contributed by atoms with Crippen LogP contribution in [0.1, 0.15) is 29.8 Å². The highest BCUT2D eigenvalue weighted by molar-refractivity contribution is 6.01. The monoisotopic (exact) mass is 202 g/mol. The van der Waals surface area contributed by atoms with Gasteiger partial charge in [-0.05, 0) is 19.9 Å². The summed E-state index contributed by atoms with van der Waals surface area (Å²) in [6.45, 7) is 8.03. The molecule has 3 nitrogen and oxygen atoms in total. The van der Waals surface area contributed by atoms with Gasteiger partial charge in [0.2, 0.25) is 0 Å². The van der Waals surface area contributed by atoms with Crippen LogP contribution < -0.4 is 5.43 Å². The van der Waals surface area contributed by atoms with Crippen molar-refractivity contribution in [3.05, 3.63) is 42.0 Å². The first-order chi connectivity index (χ1) is 7.11. The first kappa shape index (κ1) is 9.77. The summed E-state index contributed by atoms with van der Waals surface area (Å²) in [7, 11) is 0. The molecule has 1 amide bonds. The zero-order chi connectivity index (χ0) is 11.0. The maximum absolute atomic E-state index is 11.8. The molecule has 1 heterocycles. The number of amides is 1. The number of benzene rings is 1. The normalized spacial score (nSPS) is 15.3. The lowest BCUT2D eigenvalue weighted by Gasteiger charge is -2.35. The minimum atomic E-state index is -0.0632. The lowest BCUT2D eigenvalue weighted by Crippen LogP contribution is -2.48. The van der Waals surface area contributed by atoms with E-state index in [1.165, 1.54) is 0 Å². The quantitative estimate of drug-likeness (QED) is 0.755. The number of fused-ring (bicyclic) bond motifs is 1. The summed E-state index contributed by atoms with van der Waals surface area (Å²) in [6.07, 6.45) is 0. The standard InChI is InChI=1S/C12H14N2O/c1-8(2)14-9(3)10-6-4-5-7-11(10)12(15)13-14/h4-8H,3H2,1-2H3,(H,13,15). The van der Waals surface area contributed by atoms with E-state index in [9.17, 15) is 4.79 Å². The van der Waals surface area contributed by atoms with Crippen molar-refractivity contribution in [2.45, 2.75) is 19.9 Å². The van der Waals surface area contributed by atoms with E-state index in [0.717, 1.165) is 11.3 Å². The van der Waals surface area contributed by atoms with Crippen molar-refractivity contribution in [3.63, 3.8) is 0 Å². The SMILES string of the molecule is C=C1c2ccccc2C(=O)NN1C(C)C. The van der Waals surface area contributed by atoms with Crippen LogP contribution in [0.3, 0.4) is 0 Å². The number of nitrogens with one attached hydrogen (secondary N) is 1. The van der Waals surface area contributed by atoms with E-state index in [4.69, 9.17) is 0 Å². The number of hydrazine groups is 1. The minimum absolute atomic E-state index is 0.0632. The Hall–Kier alpha value is -1.77. The molecule has 15 heavy (non-hydrogen) atoms. The molecule has 0 atom stereocenters. The zero-order valence-corrected chi connectivity index (χ0v) is 8.95. The second-order valence-corrected chi connectivity index (χ2v) is 3.90. The Morgan fingerprint density at radius 3 is 2.47 bits per heavy atom. The third-order valence-electron chi connectivity index (χ3n) is 2.51. The van der Waals surface area contributed by atoms with Crippen LogP contribution in [0.25, 0.3) is 5.70 Å². The smallest absolute Gasteiger partial charge is 0.270 e. The van der Waals surface area contributed by atoms with E-state index >= 15 is 0 Å². The summed E-state index contributed by atoms with van der Waals surface area (Å²) < 4.78 is 0. The summed E-state index contributed by atoms with van der Waals surface area (Å²) in [5.74, 6) is -0.0632. The first-order valence-corrected chi connectivity index (χ1v) is 5.00. The van der Waals surface area contributed by atoms with Crippen LogP contribution in [0.15, 0.2) is 30.8 Å². The Bertz CT molecular complexity index is 423. The van der Waals surface area contributed by atoms with Gasteiger partial charge in [0.15, 0.2) is 0 Å². The molecular weight excluding hydrogens is 188 g/mol. The molecule has 0 bridgehead atoms. The Balaban J connectivity index is 2.49. The predicted octanol–water partition coefficient (Wildman–Crippen LogP) is 2.03. The van der Waals surface area contributed by atoms with Gasteiger partial charge in [0.25, 0.3) is 5.91 Å². The lowest BCUT2D eigenvalue weighted by atomic mass is 10.0. The van der Waals surface area contributed by atoms with Gasteiger partial charge in [0.05, 0.1) is 11.3 Å². The molecular formula is C12H14N2O. The Kier molecular flexibility index (Phi) is 2.23. The van der Waals surface area contributed by atoms with E-state index in [1.807, 2.05) is 38.1 Å². The fourth-order valence-corrected chi connectivity index (χ4v) is 1.74. The highest BCUT2D eigenvalue weighted by atomic mass is 16.2. The summed E-state index contributed by atoms with van der Waals surface area (Å²) in [4.78, 5) is 11.8. The van der Waals surface area contributed by atoms with Crippen molar-refractivity contribution in [2.24, 2.45) is 0 Å². The van der Waals surface area contributed by atoms with Crippen molar-refractivity contribution in [2.75, 3.05) is 0 Å². The number of carbonyl (C=O) groups excluding carboxylic acids is 1. The number of hydrogen-bond donors (Lipinski definition) is 1. The van der Waals surface area contributed by atoms with E-state index in [1.54, 1.807) is 5.01 Å². The number of rotatable bonds is 1. The molecule has 78 valence electrons. The van der Waals surface area contributed by atoms with E-state index < -0.39 is 0 Å². The van der Waals surface area contributed by atoms with Crippen LogP contribution >= 0.6 is 0 Å². The third-order valence-corrected chi connectivity index (χ3v) is 2.51. The zero-order valence-electron chi connectivity index (χ0n) is 8.95. The fraction of sp³-hybridized carbons (Fsp3) is 0.250. The highest BCUT2D eigenvalue weighted by Gasteiger charge is 2.25. The molecule has 0 spiro atoms. The second kappa shape index (κ2) is 3.42. The number of hydrogen-bond acceptors (Lipinski definition) is 2. The van der Waals surface area contributed by atoms with Crippen molar-refractivity contribution in [3.8, 4) is 0 Å². The van der Waals surface area contributed by atoms with Crippen LogP contribution in [0.4, 0.5) is 0 Å². The average Bonchev–Trinajstić information content (AvgIpc) is 2.23. The lowest BCUT2D eigenvalue weighted by molar-refractivity contribution is 0.0818. The van der Waals surface area contributed by atoms with E-state index in [2.05, 4.69) is 12.0 Å². The number of nitrogens with zero attached hydrogens (tertiary/aromatic N) is 1. The van der Waals surface area contributed by atoms with Gasteiger partial charge in [-0.1, -0.05) is 24.8 Å². The summed E-state index contributed by atoms with van der Waals surface area (Å²) in [6, 6.07) is 7.71. The summed E-state index contributed by atoms with van der Waals surface area (Å²) >= 11 is 0. The fourth-order valence-electron chi connectivity index (χ4n) is 1.74. The van der Waals surface area contributed by atoms with Gasteiger partial charge >= 0.3 is 0 Å². The van der Waals surface area contributed by atoms with Crippen molar-refractivity contribution >= 4 is 11.6 Å².